The Morgan fingerprint density at radius 1 is 1.33 bits per heavy atom. The summed E-state index contributed by atoms with van der Waals surface area (Å²) in [5.74, 6) is 0.627. The molecule has 2 rings (SSSR count). The van der Waals surface area contributed by atoms with Crippen LogP contribution in [0.25, 0.3) is 0 Å². The normalized spacial score (nSPS) is 16.5. The minimum atomic E-state index is -0.222. The van der Waals surface area contributed by atoms with E-state index in [1.807, 2.05) is 27.8 Å². The number of hydrogen-bond donors (Lipinski definition) is 1. The average molecular weight is 336 g/mol. The van der Waals surface area contributed by atoms with Crippen molar-refractivity contribution >= 4 is 5.97 Å². The molecule has 1 aromatic rings. The lowest BCUT2D eigenvalue weighted by atomic mass is 9.93. The highest BCUT2D eigenvalue weighted by molar-refractivity contribution is 5.69. The predicted molar refractivity (Wildman–Crippen MR) is 94.9 cm³/mol. The van der Waals surface area contributed by atoms with E-state index >= 15 is 0 Å². The summed E-state index contributed by atoms with van der Waals surface area (Å²) in [5.41, 5.74) is 3.36. The molecule has 1 aliphatic heterocycles. The predicted octanol–water partition coefficient (Wildman–Crippen LogP) is 1.88. The number of esters is 1. The third-order valence-electron chi connectivity index (χ3n) is 5.01. The van der Waals surface area contributed by atoms with Crippen LogP contribution in [0.1, 0.15) is 43.1 Å². The van der Waals surface area contributed by atoms with Crippen LogP contribution in [-0.4, -0.2) is 53.9 Å². The summed E-state index contributed by atoms with van der Waals surface area (Å²) in [6.45, 7) is 10.9. The summed E-state index contributed by atoms with van der Waals surface area (Å²) >= 11 is 0. The molecule has 136 valence electrons. The second kappa shape index (κ2) is 9.18. The molecule has 0 unspecified atom stereocenters. The van der Waals surface area contributed by atoms with Crippen LogP contribution in [-0.2, 0) is 22.6 Å². The van der Waals surface area contributed by atoms with Crippen molar-refractivity contribution in [2.24, 2.45) is 5.92 Å². The quantitative estimate of drug-likeness (QED) is 0.735. The summed E-state index contributed by atoms with van der Waals surface area (Å²) in [4.78, 5) is 14.2. The Morgan fingerprint density at radius 2 is 2.04 bits per heavy atom. The Hall–Kier alpha value is -1.40. The minimum Gasteiger partial charge on any atom is -0.465 e. The number of aromatic nitrogens is 2. The maximum Gasteiger partial charge on any atom is 0.327 e. The lowest BCUT2D eigenvalue weighted by Crippen LogP contribution is -2.34. The first-order valence-electron chi connectivity index (χ1n) is 9.10. The number of rotatable bonds is 8. The molecule has 6 nitrogen and oxygen atoms in total. The molecule has 6 heteroatoms. The minimum absolute atomic E-state index is 0.201. The molecule has 24 heavy (non-hydrogen) atoms. The van der Waals surface area contributed by atoms with Crippen molar-refractivity contribution in [1.29, 1.82) is 0 Å². The Bertz CT molecular complexity index is 533. The van der Waals surface area contributed by atoms with Crippen LogP contribution >= 0.6 is 0 Å². The molecule has 0 amide bonds. The number of nitrogens with one attached hydrogen (secondary N) is 1. The third-order valence-corrected chi connectivity index (χ3v) is 5.01. The van der Waals surface area contributed by atoms with Crippen LogP contribution in [0.3, 0.4) is 0 Å². The number of aryl methyl sites for hydroxylation is 1. The van der Waals surface area contributed by atoms with E-state index in [1.54, 1.807) is 4.68 Å². The summed E-state index contributed by atoms with van der Waals surface area (Å²) < 4.78 is 6.81. The Labute approximate surface area is 145 Å². The molecule has 0 radical (unpaired) electrons. The zero-order valence-corrected chi connectivity index (χ0v) is 15.6. The molecule has 0 bridgehead atoms. The molecule has 2 heterocycles. The van der Waals surface area contributed by atoms with E-state index < -0.39 is 0 Å². The van der Waals surface area contributed by atoms with Crippen molar-refractivity contribution in [1.82, 2.24) is 20.0 Å². The maximum absolute atomic E-state index is 11.7. The van der Waals surface area contributed by atoms with Gasteiger partial charge in [0.2, 0.25) is 0 Å². The average Bonchev–Trinajstić information content (AvgIpc) is 2.82. The van der Waals surface area contributed by atoms with Gasteiger partial charge in [0, 0.05) is 17.8 Å². The van der Waals surface area contributed by atoms with Gasteiger partial charge in [0.1, 0.15) is 6.54 Å². The molecular formula is C18H32N4O2. The number of carbonyl (C=O) groups excluding carboxylic acids is 1. The van der Waals surface area contributed by atoms with Crippen molar-refractivity contribution in [3.63, 3.8) is 0 Å². The molecule has 0 atom stereocenters. The van der Waals surface area contributed by atoms with Crippen LogP contribution in [0, 0.1) is 19.8 Å². The van der Waals surface area contributed by atoms with Crippen molar-refractivity contribution in [2.75, 3.05) is 33.3 Å². The van der Waals surface area contributed by atoms with Gasteiger partial charge in [0.05, 0.1) is 12.3 Å². The van der Waals surface area contributed by atoms with Crippen molar-refractivity contribution in [3.05, 3.63) is 17.0 Å². The van der Waals surface area contributed by atoms with E-state index in [0.29, 0.717) is 6.61 Å². The van der Waals surface area contributed by atoms with Gasteiger partial charge in [-0.25, -0.2) is 0 Å². The number of ether oxygens (including phenoxy) is 1. The van der Waals surface area contributed by atoms with Crippen LogP contribution in [0.5, 0.6) is 0 Å². The summed E-state index contributed by atoms with van der Waals surface area (Å²) in [6, 6.07) is 0. The van der Waals surface area contributed by atoms with E-state index in [4.69, 9.17) is 4.74 Å². The van der Waals surface area contributed by atoms with Gasteiger partial charge in [-0.3, -0.25) is 14.4 Å². The SMILES string of the molecule is CCOC(=O)Cn1nc(C)c(CN2CCC(CCNC)CC2)c1C. The molecule has 0 saturated carbocycles. The van der Waals surface area contributed by atoms with E-state index in [9.17, 15) is 4.79 Å². The van der Waals surface area contributed by atoms with Gasteiger partial charge in [0.25, 0.3) is 0 Å². The standard InChI is InChI=1S/C18H32N4O2/c1-5-24-18(23)13-22-15(3)17(14(2)20-22)12-21-10-7-16(8-11-21)6-9-19-4/h16,19H,5-13H2,1-4H3. The summed E-state index contributed by atoms with van der Waals surface area (Å²) in [5, 5.41) is 7.78. The van der Waals surface area contributed by atoms with Crippen LogP contribution < -0.4 is 5.32 Å². The Morgan fingerprint density at radius 3 is 2.67 bits per heavy atom. The molecule has 0 aliphatic carbocycles. The van der Waals surface area contributed by atoms with E-state index in [-0.39, 0.29) is 12.5 Å². The van der Waals surface area contributed by atoms with Gasteiger partial charge < -0.3 is 10.1 Å². The van der Waals surface area contributed by atoms with Gasteiger partial charge in [-0.05, 0) is 72.6 Å². The summed E-state index contributed by atoms with van der Waals surface area (Å²) in [7, 11) is 2.02. The molecule has 0 aromatic carbocycles. The largest absolute Gasteiger partial charge is 0.465 e. The number of carbonyl (C=O) groups is 1. The van der Waals surface area contributed by atoms with Gasteiger partial charge >= 0.3 is 5.97 Å². The Kier molecular flexibility index (Phi) is 7.24. The first kappa shape index (κ1) is 18.9. The molecule has 0 spiro atoms. The monoisotopic (exact) mass is 336 g/mol. The fourth-order valence-corrected chi connectivity index (χ4v) is 3.45. The molecule has 1 aliphatic rings. The van der Waals surface area contributed by atoms with E-state index in [1.165, 1.54) is 24.8 Å². The van der Waals surface area contributed by atoms with Crippen molar-refractivity contribution in [2.45, 2.75) is 53.1 Å². The lowest BCUT2D eigenvalue weighted by Gasteiger charge is -2.32. The van der Waals surface area contributed by atoms with Gasteiger partial charge in [-0.2, -0.15) is 5.10 Å². The molecular weight excluding hydrogens is 304 g/mol. The van der Waals surface area contributed by atoms with Gasteiger partial charge in [-0.15, -0.1) is 0 Å². The topological polar surface area (TPSA) is 59.4 Å². The number of likely N-dealkylation sites (tertiary alicyclic amines) is 1. The van der Waals surface area contributed by atoms with Crippen LogP contribution in [0.4, 0.5) is 0 Å². The molecule has 1 aromatic heterocycles. The highest BCUT2D eigenvalue weighted by Gasteiger charge is 2.22. The van der Waals surface area contributed by atoms with Crippen LogP contribution in [0.2, 0.25) is 0 Å². The number of piperidine rings is 1. The summed E-state index contributed by atoms with van der Waals surface area (Å²) in [6.07, 6.45) is 3.83. The van der Waals surface area contributed by atoms with Crippen LogP contribution in [0.15, 0.2) is 0 Å². The molecule has 1 N–H and O–H groups in total. The fraction of sp³-hybridized carbons (Fsp3) is 0.778. The zero-order chi connectivity index (χ0) is 17.5. The highest BCUT2D eigenvalue weighted by atomic mass is 16.5. The highest BCUT2D eigenvalue weighted by Crippen LogP contribution is 2.23. The number of nitrogens with zero attached hydrogens (tertiary/aromatic N) is 3. The fourth-order valence-electron chi connectivity index (χ4n) is 3.45. The van der Waals surface area contributed by atoms with Crippen molar-refractivity contribution in [3.8, 4) is 0 Å². The second-order valence-electron chi connectivity index (χ2n) is 6.72. The van der Waals surface area contributed by atoms with E-state index in [2.05, 4.69) is 15.3 Å². The van der Waals surface area contributed by atoms with Crippen molar-refractivity contribution < 1.29 is 9.53 Å². The molecule has 1 saturated heterocycles. The third kappa shape index (κ3) is 5.05. The zero-order valence-electron chi connectivity index (χ0n) is 15.6. The second-order valence-corrected chi connectivity index (χ2v) is 6.72. The maximum atomic E-state index is 11.7. The van der Waals surface area contributed by atoms with Gasteiger partial charge in [-0.1, -0.05) is 0 Å². The van der Waals surface area contributed by atoms with E-state index in [0.717, 1.165) is 43.5 Å². The molecule has 1 fully saturated rings. The first-order valence-corrected chi connectivity index (χ1v) is 9.10. The lowest BCUT2D eigenvalue weighted by molar-refractivity contribution is -0.144. The first-order chi connectivity index (χ1) is 11.5. The number of hydrogen-bond acceptors (Lipinski definition) is 5. The van der Waals surface area contributed by atoms with Gasteiger partial charge in [0.15, 0.2) is 0 Å². The Balaban J connectivity index is 1.91. The smallest absolute Gasteiger partial charge is 0.327 e.